The van der Waals surface area contributed by atoms with E-state index in [9.17, 15) is 9.59 Å². The molecule has 0 aliphatic carbocycles. The molecule has 0 N–H and O–H groups in total. The van der Waals surface area contributed by atoms with E-state index in [0.29, 0.717) is 38.3 Å². The third-order valence-corrected chi connectivity index (χ3v) is 5.07. The van der Waals surface area contributed by atoms with Gasteiger partial charge in [-0.2, -0.15) is 0 Å². The Bertz CT molecular complexity index is 1000. The van der Waals surface area contributed by atoms with Gasteiger partial charge in [0.05, 0.1) is 25.6 Å². The predicted octanol–water partition coefficient (Wildman–Crippen LogP) is 3.57. The summed E-state index contributed by atoms with van der Waals surface area (Å²) in [6.45, 7) is 1.33. The van der Waals surface area contributed by atoms with Crippen molar-refractivity contribution in [1.29, 1.82) is 0 Å². The van der Waals surface area contributed by atoms with E-state index in [4.69, 9.17) is 14.2 Å². The van der Waals surface area contributed by atoms with Crippen LogP contribution in [-0.2, 0) is 4.74 Å². The Morgan fingerprint density at radius 1 is 1.07 bits per heavy atom. The molecule has 0 bridgehead atoms. The highest BCUT2D eigenvalue weighted by Crippen LogP contribution is 2.28. The number of pyridine rings is 1. The van der Waals surface area contributed by atoms with Gasteiger partial charge in [-0.3, -0.25) is 9.78 Å². The van der Waals surface area contributed by atoms with Crippen molar-refractivity contribution in [2.75, 3.05) is 20.8 Å². The van der Waals surface area contributed by atoms with E-state index in [2.05, 4.69) is 9.97 Å². The molecule has 1 aromatic carbocycles. The molecule has 2 heterocycles. The van der Waals surface area contributed by atoms with Crippen LogP contribution in [0.1, 0.15) is 25.7 Å². The topological polar surface area (TPSA) is 87.6 Å². The van der Waals surface area contributed by atoms with Crippen LogP contribution < -0.4 is 9.47 Å². The van der Waals surface area contributed by atoms with Gasteiger partial charge >= 0.3 is 5.97 Å². The summed E-state index contributed by atoms with van der Waals surface area (Å²) in [7, 11) is 3.00. The zero-order valence-corrected chi connectivity index (χ0v) is 16.4. The summed E-state index contributed by atoms with van der Waals surface area (Å²) in [6.07, 6.45) is 1.66. The van der Waals surface area contributed by atoms with Gasteiger partial charge in [0, 0.05) is 11.8 Å². The van der Waals surface area contributed by atoms with Gasteiger partial charge in [0.15, 0.2) is 23.9 Å². The normalized spacial score (nSPS) is 10.4. The Labute approximate surface area is 165 Å². The molecule has 0 radical (unpaired) electrons. The third-order valence-electron chi connectivity index (χ3n) is 3.91. The Balaban J connectivity index is 1.69. The first-order chi connectivity index (χ1) is 13.5. The van der Waals surface area contributed by atoms with E-state index in [1.54, 1.807) is 37.4 Å². The van der Waals surface area contributed by atoms with Crippen molar-refractivity contribution >= 4 is 23.1 Å². The number of carbonyl (C=O) groups is 2. The van der Waals surface area contributed by atoms with Gasteiger partial charge in [-0.1, -0.05) is 6.07 Å². The fourth-order valence-corrected chi connectivity index (χ4v) is 3.41. The lowest BCUT2D eigenvalue weighted by atomic mass is 10.1. The molecule has 0 saturated heterocycles. The maximum atomic E-state index is 12.4. The van der Waals surface area contributed by atoms with Gasteiger partial charge in [0.25, 0.3) is 0 Å². The van der Waals surface area contributed by atoms with Crippen molar-refractivity contribution in [3.05, 3.63) is 58.7 Å². The van der Waals surface area contributed by atoms with Gasteiger partial charge in [-0.15, -0.1) is 11.3 Å². The second-order valence-corrected chi connectivity index (χ2v) is 6.72. The van der Waals surface area contributed by atoms with Gasteiger partial charge in [-0.05, 0) is 37.3 Å². The fourth-order valence-electron chi connectivity index (χ4n) is 2.47. The number of carbonyl (C=O) groups excluding carboxylic acids is 2. The van der Waals surface area contributed by atoms with Crippen LogP contribution in [0, 0.1) is 6.92 Å². The fraction of sp³-hybridized carbons (Fsp3) is 0.200. The lowest BCUT2D eigenvalue weighted by molar-refractivity contribution is 0.0478. The molecule has 0 atom stereocenters. The highest BCUT2D eigenvalue weighted by atomic mass is 32.1. The Kier molecular flexibility index (Phi) is 6.00. The van der Waals surface area contributed by atoms with E-state index in [-0.39, 0.29) is 12.4 Å². The number of esters is 1. The molecule has 0 aliphatic rings. The third kappa shape index (κ3) is 4.17. The number of nitrogens with zero attached hydrogens (tertiary/aromatic N) is 2. The minimum atomic E-state index is -0.592. The van der Waals surface area contributed by atoms with E-state index in [1.165, 1.54) is 25.6 Å². The Morgan fingerprint density at radius 3 is 2.54 bits per heavy atom. The van der Waals surface area contributed by atoms with Crippen molar-refractivity contribution < 1.29 is 23.8 Å². The number of methoxy groups -OCH3 is 2. The highest BCUT2D eigenvalue weighted by Gasteiger charge is 2.20. The van der Waals surface area contributed by atoms with Crippen molar-refractivity contribution in [2.45, 2.75) is 6.92 Å². The number of thiazole rings is 1. The van der Waals surface area contributed by atoms with Crippen LogP contribution in [0.25, 0.3) is 10.7 Å². The molecule has 0 amide bonds. The summed E-state index contributed by atoms with van der Waals surface area (Å²) in [6, 6.07) is 10.2. The molecular weight excluding hydrogens is 380 g/mol. The van der Waals surface area contributed by atoms with Gasteiger partial charge in [0.2, 0.25) is 0 Å². The molecule has 3 rings (SSSR count). The van der Waals surface area contributed by atoms with E-state index >= 15 is 0 Å². The van der Waals surface area contributed by atoms with Gasteiger partial charge in [0.1, 0.15) is 9.88 Å². The van der Waals surface area contributed by atoms with Crippen molar-refractivity contribution in [1.82, 2.24) is 9.97 Å². The van der Waals surface area contributed by atoms with E-state index < -0.39 is 5.97 Å². The average molecular weight is 398 g/mol. The summed E-state index contributed by atoms with van der Waals surface area (Å²) in [5.41, 5.74) is 1.57. The van der Waals surface area contributed by atoms with Gasteiger partial charge < -0.3 is 14.2 Å². The monoisotopic (exact) mass is 398 g/mol. The molecule has 0 aliphatic heterocycles. The van der Waals surface area contributed by atoms with Crippen LogP contribution >= 0.6 is 11.3 Å². The number of aromatic nitrogens is 2. The van der Waals surface area contributed by atoms with Crippen molar-refractivity contribution in [2.24, 2.45) is 0 Å². The first kappa shape index (κ1) is 19.5. The van der Waals surface area contributed by atoms with E-state index in [0.717, 1.165) is 0 Å². The number of hydrogen-bond acceptors (Lipinski definition) is 8. The predicted molar refractivity (Wildman–Crippen MR) is 104 cm³/mol. The number of ether oxygens (including phenoxy) is 3. The smallest absolute Gasteiger partial charge is 0.350 e. The molecule has 28 heavy (non-hydrogen) atoms. The SMILES string of the molecule is COc1ccc(C(=O)COC(=O)c2sc(-c3ccccn3)nc2C)cc1OC. The minimum Gasteiger partial charge on any atom is -0.493 e. The highest BCUT2D eigenvalue weighted by molar-refractivity contribution is 7.17. The van der Waals surface area contributed by atoms with Crippen LogP contribution in [0.3, 0.4) is 0 Å². The largest absolute Gasteiger partial charge is 0.493 e. The molecule has 0 spiro atoms. The first-order valence-electron chi connectivity index (χ1n) is 8.34. The summed E-state index contributed by atoms with van der Waals surface area (Å²) in [5.74, 6) is 0.00351. The lowest BCUT2D eigenvalue weighted by Gasteiger charge is -2.09. The van der Waals surface area contributed by atoms with Crippen LogP contribution in [0.15, 0.2) is 42.6 Å². The molecule has 8 heteroatoms. The zero-order chi connectivity index (χ0) is 20.1. The number of benzene rings is 1. The number of aryl methyl sites for hydroxylation is 1. The molecule has 0 fully saturated rings. The van der Waals surface area contributed by atoms with E-state index in [1.807, 2.05) is 12.1 Å². The van der Waals surface area contributed by atoms with Crippen molar-refractivity contribution in [3.8, 4) is 22.2 Å². The Morgan fingerprint density at radius 2 is 1.86 bits per heavy atom. The van der Waals surface area contributed by atoms with Crippen LogP contribution in [0.2, 0.25) is 0 Å². The summed E-state index contributed by atoms with van der Waals surface area (Å²) in [5, 5.41) is 0.622. The van der Waals surface area contributed by atoms with Gasteiger partial charge in [-0.25, -0.2) is 9.78 Å². The standard InChI is InChI=1S/C20H18N2O5S/c1-12-18(28-19(22-12)14-6-4-5-9-21-14)20(24)27-11-15(23)13-7-8-16(25-2)17(10-13)26-3/h4-10H,11H2,1-3H3. The first-order valence-corrected chi connectivity index (χ1v) is 9.16. The molecule has 3 aromatic rings. The minimum absolute atomic E-state index is 0.346. The molecule has 0 unspecified atom stereocenters. The maximum Gasteiger partial charge on any atom is 0.350 e. The second-order valence-electron chi connectivity index (χ2n) is 5.72. The molecular formula is C20H18N2O5S. The van der Waals surface area contributed by atoms with Crippen LogP contribution in [-0.4, -0.2) is 42.5 Å². The van der Waals surface area contributed by atoms with Crippen LogP contribution in [0.5, 0.6) is 11.5 Å². The number of ketones is 1. The zero-order valence-electron chi connectivity index (χ0n) is 15.6. The molecule has 7 nitrogen and oxygen atoms in total. The Hall–Kier alpha value is -3.26. The molecule has 144 valence electrons. The number of rotatable bonds is 7. The summed E-state index contributed by atoms with van der Waals surface area (Å²) < 4.78 is 15.5. The summed E-state index contributed by atoms with van der Waals surface area (Å²) >= 11 is 1.18. The number of hydrogen-bond donors (Lipinski definition) is 0. The number of Topliss-reactive ketones (excluding diaryl/α,β-unsaturated/α-hetero) is 1. The second kappa shape index (κ2) is 8.62. The van der Waals surface area contributed by atoms with Crippen molar-refractivity contribution in [3.63, 3.8) is 0 Å². The molecule has 2 aromatic heterocycles. The lowest BCUT2D eigenvalue weighted by Crippen LogP contribution is -2.14. The average Bonchev–Trinajstić information content (AvgIpc) is 3.13. The van der Waals surface area contributed by atoms with Crippen LogP contribution in [0.4, 0.5) is 0 Å². The molecule has 0 saturated carbocycles. The quantitative estimate of drug-likeness (QED) is 0.444. The summed E-state index contributed by atoms with van der Waals surface area (Å²) in [4.78, 5) is 33.7. The maximum absolute atomic E-state index is 12.4.